The standard InChI is InChI=1S/C10H19N5O3S/c1-4-15-9(8(11)7-13-15)10(16)12-5-6-19(17,18)14(2)3/h7H,4-6,11H2,1-3H3,(H,12,16). The second kappa shape index (κ2) is 6.02. The van der Waals surface area contributed by atoms with Crippen molar-refractivity contribution in [3.63, 3.8) is 0 Å². The first-order valence-electron chi connectivity index (χ1n) is 5.79. The number of aryl methyl sites for hydroxylation is 1. The largest absolute Gasteiger partial charge is 0.396 e. The molecule has 0 fully saturated rings. The number of carbonyl (C=O) groups excluding carboxylic acids is 1. The third-order valence-corrected chi connectivity index (χ3v) is 4.42. The first kappa shape index (κ1) is 15.4. The average Bonchev–Trinajstić information content (AvgIpc) is 2.69. The maximum atomic E-state index is 11.9. The van der Waals surface area contributed by atoms with Crippen molar-refractivity contribution in [1.29, 1.82) is 0 Å². The Balaban J connectivity index is 2.64. The minimum absolute atomic E-state index is 0.0215. The van der Waals surface area contributed by atoms with Gasteiger partial charge in [-0.05, 0) is 6.92 Å². The highest BCUT2D eigenvalue weighted by molar-refractivity contribution is 7.89. The zero-order chi connectivity index (χ0) is 14.6. The van der Waals surface area contributed by atoms with Crippen LogP contribution >= 0.6 is 0 Å². The lowest BCUT2D eigenvalue weighted by Crippen LogP contribution is -2.35. The number of carbonyl (C=O) groups is 1. The second-order valence-corrected chi connectivity index (χ2v) is 6.42. The summed E-state index contributed by atoms with van der Waals surface area (Å²) in [6.45, 7) is 2.36. The molecule has 0 bridgehead atoms. The number of hydrogen-bond acceptors (Lipinski definition) is 5. The van der Waals surface area contributed by atoms with Crippen molar-refractivity contribution in [2.45, 2.75) is 13.5 Å². The van der Waals surface area contributed by atoms with Crippen molar-refractivity contribution in [3.8, 4) is 0 Å². The molecule has 0 saturated carbocycles. The molecule has 0 atom stereocenters. The number of hydrogen-bond donors (Lipinski definition) is 2. The molecule has 19 heavy (non-hydrogen) atoms. The predicted octanol–water partition coefficient (Wildman–Crippen LogP) is -0.894. The van der Waals surface area contributed by atoms with Gasteiger partial charge in [-0.25, -0.2) is 12.7 Å². The molecule has 0 spiro atoms. The molecule has 8 nitrogen and oxygen atoms in total. The van der Waals surface area contributed by atoms with Crippen LogP contribution in [0.5, 0.6) is 0 Å². The van der Waals surface area contributed by atoms with Crippen LogP contribution in [0.2, 0.25) is 0 Å². The first-order valence-corrected chi connectivity index (χ1v) is 7.40. The fourth-order valence-corrected chi connectivity index (χ4v) is 2.17. The molecule has 0 aliphatic rings. The molecule has 0 saturated heterocycles. The van der Waals surface area contributed by atoms with E-state index in [0.717, 1.165) is 4.31 Å². The minimum Gasteiger partial charge on any atom is -0.396 e. The molecule has 0 aliphatic heterocycles. The quantitative estimate of drug-likeness (QED) is 0.705. The monoisotopic (exact) mass is 289 g/mol. The molecule has 3 N–H and O–H groups in total. The maximum absolute atomic E-state index is 11.9. The molecule has 1 heterocycles. The van der Waals surface area contributed by atoms with E-state index < -0.39 is 15.9 Å². The Bertz CT molecular complexity index is 550. The smallest absolute Gasteiger partial charge is 0.271 e. The van der Waals surface area contributed by atoms with Crippen molar-refractivity contribution in [2.24, 2.45) is 0 Å². The average molecular weight is 289 g/mol. The van der Waals surface area contributed by atoms with Gasteiger partial charge in [0.25, 0.3) is 5.91 Å². The lowest BCUT2D eigenvalue weighted by molar-refractivity contribution is 0.0946. The van der Waals surface area contributed by atoms with E-state index in [2.05, 4.69) is 10.4 Å². The van der Waals surface area contributed by atoms with E-state index >= 15 is 0 Å². The number of nitrogens with two attached hydrogens (primary N) is 1. The van der Waals surface area contributed by atoms with Crippen LogP contribution in [0.3, 0.4) is 0 Å². The Morgan fingerprint density at radius 1 is 1.53 bits per heavy atom. The highest BCUT2D eigenvalue weighted by Crippen LogP contribution is 2.10. The molecule has 1 aromatic heterocycles. The van der Waals surface area contributed by atoms with Crippen molar-refractivity contribution in [2.75, 3.05) is 32.1 Å². The predicted molar refractivity (Wildman–Crippen MR) is 72.1 cm³/mol. The number of nitrogen functional groups attached to an aromatic ring is 1. The third-order valence-electron chi connectivity index (χ3n) is 2.58. The Labute approximate surface area is 112 Å². The molecule has 1 rings (SSSR count). The van der Waals surface area contributed by atoms with E-state index in [1.807, 2.05) is 6.92 Å². The van der Waals surface area contributed by atoms with Crippen LogP contribution in [0, 0.1) is 0 Å². The number of anilines is 1. The Hall–Kier alpha value is -1.61. The summed E-state index contributed by atoms with van der Waals surface area (Å²) >= 11 is 0. The molecule has 9 heteroatoms. The summed E-state index contributed by atoms with van der Waals surface area (Å²) in [6.07, 6.45) is 1.40. The van der Waals surface area contributed by atoms with Crippen LogP contribution in [-0.2, 0) is 16.6 Å². The van der Waals surface area contributed by atoms with Gasteiger partial charge in [0.1, 0.15) is 5.69 Å². The molecule has 0 unspecified atom stereocenters. The summed E-state index contributed by atoms with van der Waals surface area (Å²) in [5.41, 5.74) is 6.18. The normalized spacial score (nSPS) is 11.8. The summed E-state index contributed by atoms with van der Waals surface area (Å²) in [6, 6.07) is 0. The van der Waals surface area contributed by atoms with Crippen molar-refractivity contribution < 1.29 is 13.2 Å². The SMILES string of the molecule is CCn1ncc(N)c1C(=O)NCCS(=O)(=O)N(C)C. The van der Waals surface area contributed by atoms with Gasteiger partial charge in [0.15, 0.2) is 0 Å². The van der Waals surface area contributed by atoms with Gasteiger partial charge in [0, 0.05) is 27.2 Å². The Morgan fingerprint density at radius 2 is 2.16 bits per heavy atom. The van der Waals surface area contributed by atoms with E-state index in [4.69, 9.17) is 5.73 Å². The summed E-state index contributed by atoms with van der Waals surface area (Å²) in [7, 11) is -0.432. The number of sulfonamides is 1. The van der Waals surface area contributed by atoms with Crippen LogP contribution in [0.15, 0.2) is 6.20 Å². The number of amides is 1. The fraction of sp³-hybridized carbons (Fsp3) is 0.600. The van der Waals surface area contributed by atoms with Gasteiger partial charge < -0.3 is 11.1 Å². The van der Waals surface area contributed by atoms with E-state index in [1.165, 1.54) is 25.0 Å². The minimum atomic E-state index is -3.32. The van der Waals surface area contributed by atoms with Gasteiger partial charge in [-0.1, -0.05) is 0 Å². The van der Waals surface area contributed by atoms with E-state index in [-0.39, 0.29) is 23.7 Å². The van der Waals surface area contributed by atoms with Crippen molar-refractivity contribution >= 4 is 21.6 Å². The Kier molecular flexibility index (Phi) is 4.90. The van der Waals surface area contributed by atoms with Gasteiger partial charge >= 0.3 is 0 Å². The van der Waals surface area contributed by atoms with Crippen LogP contribution in [0.4, 0.5) is 5.69 Å². The number of aromatic nitrogens is 2. The number of rotatable bonds is 6. The number of nitrogens with one attached hydrogen (secondary N) is 1. The van der Waals surface area contributed by atoms with Gasteiger partial charge in [0.2, 0.25) is 10.0 Å². The first-order chi connectivity index (χ1) is 8.79. The highest BCUT2D eigenvalue weighted by Gasteiger charge is 2.18. The second-order valence-electron chi connectivity index (χ2n) is 4.12. The molecule has 0 aliphatic carbocycles. The van der Waals surface area contributed by atoms with Gasteiger partial charge in [-0.15, -0.1) is 0 Å². The molecule has 0 aromatic carbocycles. The van der Waals surface area contributed by atoms with Gasteiger partial charge in [-0.3, -0.25) is 9.48 Å². The molecule has 1 aromatic rings. The topological polar surface area (TPSA) is 110 Å². The lowest BCUT2D eigenvalue weighted by atomic mass is 10.3. The summed E-state index contributed by atoms with van der Waals surface area (Å²) in [5, 5.41) is 6.47. The zero-order valence-corrected chi connectivity index (χ0v) is 12.1. The summed E-state index contributed by atoms with van der Waals surface area (Å²) < 4.78 is 25.6. The van der Waals surface area contributed by atoms with Crippen LogP contribution in [-0.4, -0.2) is 54.8 Å². The summed E-state index contributed by atoms with van der Waals surface area (Å²) in [4.78, 5) is 11.9. The van der Waals surface area contributed by atoms with Gasteiger partial charge in [0.05, 0.1) is 17.6 Å². The van der Waals surface area contributed by atoms with E-state index in [0.29, 0.717) is 6.54 Å². The molecule has 108 valence electrons. The van der Waals surface area contributed by atoms with Crippen LogP contribution in [0.1, 0.15) is 17.4 Å². The zero-order valence-electron chi connectivity index (χ0n) is 11.3. The molecule has 1 amide bonds. The van der Waals surface area contributed by atoms with Crippen molar-refractivity contribution in [3.05, 3.63) is 11.9 Å². The number of nitrogens with zero attached hydrogens (tertiary/aromatic N) is 3. The van der Waals surface area contributed by atoms with Crippen molar-refractivity contribution in [1.82, 2.24) is 19.4 Å². The fourth-order valence-electron chi connectivity index (χ4n) is 1.45. The van der Waals surface area contributed by atoms with E-state index in [1.54, 1.807) is 0 Å². The lowest BCUT2D eigenvalue weighted by Gasteiger charge is -2.12. The molecular formula is C10H19N5O3S. The molecular weight excluding hydrogens is 270 g/mol. The van der Waals surface area contributed by atoms with Gasteiger partial charge in [-0.2, -0.15) is 5.10 Å². The van der Waals surface area contributed by atoms with Crippen LogP contribution in [0.25, 0.3) is 0 Å². The van der Waals surface area contributed by atoms with Crippen LogP contribution < -0.4 is 11.1 Å². The highest BCUT2D eigenvalue weighted by atomic mass is 32.2. The third kappa shape index (κ3) is 3.67. The Morgan fingerprint density at radius 3 is 2.68 bits per heavy atom. The van der Waals surface area contributed by atoms with E-state index in [9.17, 15) is 13.2 Å². The maximum Gasteiger partial charge on any atom is 0.271 e. The summed E-state index contributed by atoms with van der Waals surface area (Å²) in [5.74, 6) is -0.586. The molecule has 0 radical (unpaired) electrons.